The summed E-state index contributed by atoms with van der Waals surface area (Å²) >= 11 is 1.29. The van der Waals surface area contributed by atoms with E-state index in [0.717, 1.165) is 23.8 Å². The first-order valence-corrected chi connectivity index (χ1v) is 11.1. The van der Waals surface area contributed by atoms with E-state index >= 15 is 0 Å². The fraction of sp³-hybridized carbons (Fsp3) is 0.706. The van der Waals surface area contributed by atoms with Gasteiger partial charge in [0.15, 0.2) is 5.96 Å². The highest BCUT2D eigenvalue weighted by atomic mass is 32.2. The normalized spacial score (nSPS) is 13.9. The molecule has 0 saturated heterocycles. The van der Waals surface area contributed by atoms with Crippen LogP contribution >= 0.6 is 11.3 Å². The second-order valence-electron chi connectivity index (χ2n) is 6.23. The maximum atomic E-state index is 12.1. The van der Waals surface area contributed by atoms with Gasteiger partial charge in [0.1, 0.15) is 4.21 Å². The van der Waals surface area contributed by atoms with Gasteiger partial charge in [-0.3, -0.25) is 4.99 Å². The summed E-state index contributed by atoms with van der Waals surface area (Å²) in [6.07, 6.45) is 4.86. The molecule has 0 fully saturated rings. The Morgan fingerprint density at radius 2 is 2.00 bits per heavy atom. The van der Waals surface area contributed by atoms with Crippen molar-refractivity contribution in [2.24, 2.45) is 10.9 Å². The maximum absolute atomic E-state index is 12.1. The topological polar surface area (TPSA) is 73.8 Å². The van der Waals surface area contributed by atoms with Crippen LogP contribution in [0.2, 0.25) is 0 Å². The van der Waals surface area contributed by atoms with E-state index in [0.29, 0.717) is 16.7 Å². The molecule has 0 aliphatic rings. The van der Waals surface area contributed by atoms with Crippen LogP contribution in [0.5, 0.6) is 0 Å². The minimum atomic E-state index is -3.36. The van der Waals surface area contributed by atoms with Gasteiger partial charge in [0.2, 0.25) is 0 Å². The molecule has 1 atom stereocenters. The van der Waals surface area contributed by atoms with Gasteiger partial charge in [-0.05, 0) is 24.5 Å². The van der Waals surface area contributed by atoms with Crippen molar-refractivity contribution in [1.29, 1.82) is 0 Å². The van der Waals surface area contributed by atoms with Crippen LogP contribution in [-0.4, -0.2) is 46.4 Å². The number of rotatable bonds is 10. The second-order valence-corrected chi connectivity index (χ2v) is 9.78. The van der Waals surface area contributed by atoms with Crippen molar-refractivity contribution in [2.45, 2.75) is 50.3 Å². The van der Waals surface area contributed by atoms with Crippen LogP contribution in [0.1, 0.15) is 44.4 Å². The molecule has 1 aromatic heterocycles. The lowest BCUT2D eigenvalue weighted by Crippen LogP contribution is -2.39. The van der Waals surface area contributed by atoms with Gasteiger partial charge in [0.25, 0.3) is 10.0 Å². The summed E-state index contributed by atoms with van der Waals surface area (Å²) in [5.74, 6) is 1.40. The van der Waals surface area contributed by atoms with E-state index in [9.17, 15) is 8.42 Å². The summed E-state index contributed by atoms with van der Waals surface area (Å²) in [6.45, 7) is 5.89. The minimum Gasteiger partial charge on any atom is -0.356 e. The number of aliphatic imine (C=N–C) groups is 1. The van der Waals surface area contributed by atoms with Crippen molar-refractivity contribution in [3.63, 3.8) is 0 Å². The van der Waals surface area contributed by atoms with Crippen molar-refractivity contribution in [3.05, 3.63) is 17.0 Å². The van der Waals surface area contributed by atoms with E-state index in [2.05, 4.69) is 29.5 Å². The van der Waals surface area contributed by atoms with Crippen molar-refractivity contribution in [1.82, 2.24) is 14.9 Å². The first kappa shape index (κ1) is 21.9. The summed E-state index contributed by atoms with van der Waals surface area (Å²) < 4.78 is 25.8. The number of thiophene rings is 1. The number of guanidine groups is 1. The van der Waals surface area contributed by atoms with Crippen LogP contribution in [0.4, 0.5) is 0 Å². The zero-order valence-electron chi connectivity index (χ0n) is 16.0. The first-order valence-electron chi connectivity index (χ1n) is 8.80. The predicted octanol–water partition coefficient (Wildman–Crippen LogP) is 2.88. The molecule has 1 unspecified atom stereocenters. The third kappa shape index (κ3) is 6.95. The quantitative estimate of drug-likeness (QED) is 0.477. The molecule has 8 heteroatoms. The molecular weight excluding hydrogens is 356 g/mol. The molecule has 1 rings (SSSR count). The molecular formula is C17H32N4O2S2. The molecule has 0 spiro atoms. The van der Waals surface area contributed by atoms with Crippen LogP contribution in [0.15, 0.2) is 21.3 Å². The number of sulfonamides is 1. The summed E-state index contributed by atoms with van der Waals surface area (Å²) in [4.78, 5) is 5.21. The Bertz CT molecular complexity index is 639. The van der Waals surface area contributed by atoms with E-state index in [1.54, 1.807) is 27.2 Å². The van der Waals surface area contributed by atoms with Gasteiger partial charge >= 0.3 is 0 Å². The van der Waals surface area contributed by atoms with Crippen molar-refractivity contribution < 1.29 is 8.42 Å². The highest BCUT2D eigenvalue weighted by Crippen LogP contribution is 2.23. The molecule has 0 aliphatic carbocycles. The summed E-state index contributed by atoms with van der Waals surface area (Å²) in [5, 5.41) is 6.63. The zero-order valence-corrected chi connectivity index (χ0v) is 17.6. The molecule has 25 heavy (non-hydrogen) atoms. The van der Waals surface area contributed by atoms with E-state index < -0.39 is 10.0 Å². The van der Waals surface area contributed by atoms with E-state index in [1.165, 1.54) is 34.9 Å². The Morgan fingerprint density at radius 1 is 1.28 bits per heavy atom. The van der Waals surface area contributed by atoms with Gasteiger partial charge < -0.3 is 10.6 Å². The Balaban J connectivity index is 2.54. The Kier molecular flexibility index (Phi) is 9.45. The Morgan fingerprint density at radius 3 is 2.56 bits per heavy atom. The van der Waals surface area contributed by atoms with Crippen LogP contribution < -0.4 is 10.6 Å². The molecule has 1 aromatic rings. The Hall–Kier alpha value is -1.12. The predicted molar refractivity (Wildman–Crippen MR) is 107 cm³/mol. The molecule has 0 radical (unpaired) electrons. The standard InChI is InChI=1S/C17H32N4O2S2/c1-6-8-9-14(7-2)12-19-17(18-3)20-13-15-10-11-16(24-15)25(22,23)21(4)5/h10-11,14H,6-9,12-13H2,1-5H3,(H2,18,19,20). The van der Waals surface area contributed by atoms with E-state index in [-0.39, 0.29) is 0 Å². The highest BCUT2D eigenvalue weighted by Gasteiger charge is 2.19. The maximum Gasteiger partial charge on any atom is 0.252 e. The number of hydrogen-bond donors (Lipinski definition) is 2. The molecule has 0 aliphatic heterocycles. The Labute approximate surface area is 156 Å². The lowest BCUT2D eigenvalue weighted by Gasteiger charge is -2.17. The van der Waals surface area contributed by atoms with Crippen LogP contribution in [0, 0.1) is 5.92 Å². The largest absolute Gasteiger partial charge is 0.356 e. The van der Waals surface area contributed by atoms with Gasteiger partial charge in [-0.15, -0.1) is 11.3 Å². The summed E-state index contributed by atoms with van der Waals surface area (Å²) in [7, 11) is 1.48. The second kappa shape index (κ2) is 10.8. The van der Waals surface area contributed by atoms with Gasteiger partial charge in [-0.25, -0.2) is 12.7 Å². The van der Waals surface area contributed by atoms with Crippen LogP contribution in [0.25, 0.3) is 0 Å². The smallest absolute Gasteiger partial charge is 0.252 e. The van der Waals surface area contributed by atoms with E-state index in [4.69, 9.17) is 0 Å². The zero-order chi connectivity index (χ0) is 18.9. The molecule has 0 amide bonds. The SMILES string of the molecule is CCCCC(CC)CNC(=NC)NCc1ccc(S(=O)(=O)N(C)C)s1. The number of nitrogens with one attached hydrogen (secondary N) is 2. The van der Waals surface area contributed by atoms with Crippen molar-refractivity contribution >= 4 is 27.3 Å². The fourth-order valence-electron chi connectivity index (χ4n) is 2.35. The van der Waals surface area contributed by atoms with E-state index in [1.807, 2.05) is 6.07 Å². The number of nitrogens with zero attached hydrogens (tertiary/aromatic N) is 2. The van der Waals surface area contributed by atoms with Crippen LogP contribution in [-0.2, 0) is 16.6 Å². The average Bonchev–Trinajstić information content (AvgIpc) is 3.07. The molecule has 0 bridgehead atoms. The van der Waals surface area contributed by atoms with Crippen LogP contribution in [0.3, 0.4) is 0 Å². The first-order chi connectivity index (χ1) is 11.8. The molecule has 0 aromatic carbocycles. The lowest BCUT2D eigenvalue weighted by atomic mass is 9.99. The summed E-state index contributed by atoms with van der Waals surface area (Å²) in [5.41, 5.74) is 0. The van der Waals surface area contributed by atoms with Gasteiger partial charge in [0, 0.05) is 32.6 Å². The fourth-order valence-corrected chi connectivity index (χ4v) is 4.81. The molecule has 2 N–H and O–H groups in total. The lowest BCUT2D eigenvalue weighted by molar-refractivity contribution is 0.443. The minimum absolute atomic E-state index is 0.364. The third-order valence-electron chi connectivity index (χ3n) is 4.13. The average molecular weight is 389 g/mol. The molecule has 6 nitrogen and oxygen atoms in total. The summed E-state index contributed by atoms with van der Waals surface area (Å²) in [6, 6.07) is 3.50. The number of hydrogen-bond acceptors (Lipinski definition) is 4. The van der Waals surface area contributed by atoms with Crippen molar-refractivity contribution in [2.75, 3.05) is 27.7 Å². The third-order valence-corrected chi connectivity index (χ3v) is 7.49. The van der Waals surface area contributed by atoms with Crippen molar-refractivity contribution in [3.8, 4) is 0 Å². The van der Waals surface area contributed by atoms with Gasteiger partial charge in [-0.2, -0.15) is 0 Å². The molecule has 1 heterocycles. The number of unbranched alkanes of at least 4 members (excludes halogenated alkanes) is 1. The highest BCUT2D eigenvalue weighted by molar-refractivity contribution is 7.91. The molecule has 144 valence electrons. The molecule has 0 saturated carbocycles. The van der Waals surface area contributed by atoms with Gasteiger partial charge in [-0.1, -0.05) is 33.1 Å². The van der Waals surface area contributed by atoms with Gasteiger partial charge in [0.05, 0.1) is 6.54 Å². The monoisotopic (exact) mass is 388 g/mol.